The average molecular weight is 256 g/mol. The third-order valence-electron chi connectivity index (χ3n) is 2.49. The lowest BCUT2D eigenvalue weighted by Gasteiger charge is -2.06. The quantitative estimate of drug-likeness (QED) is 0.857. The highest BCUT2D eigenvalue weighted by atomic mass is 19.2. The van der Waals surface area contributed by atoms with Gasteiger partial charge in [-0.3, -0.25) is 0 Å². The highest BCUT2D eigenvalue weighted by Gasteiger charge is 2.16. The van der Waals surface area contributed by atoms with E-state index in [1.807, 2.05) is 6.92 Å². The number of benzene rings is 1. The Morgan fingerprint density at radius 3 is 2.39 bits per heavy atom. The van der Waals surface area contributed by atoms with Crippen LogP contribution in [-0.4, -0.2) is 15.0 Å². The van der Waals surface area contributed by atoms with Gasteiger partial charge in [0.1, 0.15) is 0 Å². The summed E-state index contributed by atoms with van der Waals surface area (Å²) in [5, 5.41) is 7.35. The molecule has 2 rings (SSSR count). The molecule has 0 spiro atoms. The van der Waals surface area contributed by atoms with E-state index >= 15 is 0 Å². The molecule has 7 heteroatoms. The lowest BCUT2D eigenvalue weighted by molar-refractivity contribution is 0.445. The first-order valence-electron chi connectivity index (χ1n) is 5.39. The molecule has 1 aromatic carbocycles. The Kier molecular flexibility index (Phi) is 3.22. The maximum Gasteiger partial charge on any atom is 0.194 e. The Bertz CT molecular complexity index is 557. The van der Waals surface area contributed by atoms with Crippen LogP contribution in [-0.2, 0) is 6.42 Å². The van der Waals surface area contributed by atoms with Gasteiger partial charge in [-0.05, 0) is 6.42 Å². The topological polar surface area (TPSA) is 56.7 Å². The molecule has 0 atom stereocenters. The van der Waals surface area contributed by atoms with E-state index in [0.29, 0.717) is 12.1 Å². The molecule has 0 bridgehead atoms. The summed E-state index contributed by atoms with van der Waals surface area (Å²) in [5.74, 6) is -3.87. The van der Waals surface area contributed by atoms with Crippen molar-refractivity contribution in [3.63, 3.8) is 0 Å². The molecule has 0 fully saturated rings. The number of nitrogens with two attached hydrogens (primary N) is 1. The Morgan fingerprint density at radius 1 is 1.22 bits per heavy atom. The first-order valence-corrected chi connectivity index (χ1v) is 5.39. The lowest BCUT2D eigenvalue weighted by atomic mass is 10.2. The fourth-order valence-electron chi connectivity index (χ4n) is 1.66. The van der Waals surface area contributed by atoms with E-state index in [-0.39, 0.29) is 11.5 Å². The van der Waals surface area contributed by atoms with Gasteiger partial charge in [0, 0.05) is 12.1 Å². The van der Waals surface area contributed by atoms with Crippen LogP contribution in [0.25, 0.3) is 5.69 Å². The van der Waals surface area contributed by atoms with E-state index in [1.54, 1.807) is 0 Å². The SMILES string of the molecule is CCCc1c(N)nnn1-c1cc(F)c(F)c(F)c1. The van der Waals surface area contributed by atoms with Gasteiger partial charge in [-0.2, -0.15) is 0 Å². The van der Waals surface area contributed by atoms with E-state index < -0.39 is 17.5 Å². The third kappa shape index (κ3) is 2.03. The van der Waals surface area contributed by atoms with Gasteiger partial charge in [0.25, 0.3) is 0 Å². The predicted molar refractivity (Wildman–Crippen MR) is 59.6 cm³/mol. The summed E-state index contributed by atoms with van der Waals surface area (Å²) in [6.45, 7) is 1.92. The monoisotopic (exact) mass is 256 g/mol. The number of nitrogens with zero attached hydrogens (tertiary/aromatic N) is 3. The molecule has 0 aliphatic carbocycles. The fourth-order valence-corrected chi connectivity index (χ4v) is 1.66. The minimum Gasteiger partial charge on any atom is -0.381 e. The van der Waals surface area contributed by atoms with Crippen LogP contribution in [0.1, 0.15) is 19.0 Å². The van der Waals surface area contributed by atoms with Crippen molar-refractivity contribution in [1.29, 1.82) is 0 Å². The first-order chi connectivity index (χ1) is 8.54. The van der Waals surface area contributed by atoms with Gasteiger partial charge in [-0.25, -0.2) is 17.9 Å². The molecular weight excluding hydrogens is 245 g/mol. The fraction of sp³-hybridized carbons (Fsp3) is 0.273. The number of nitrogen functional groups attached to an aromatic ring is 1. The second-order valence-corrected chi connectivity index (χ2v) is 3.81. The largest absolute Gasteiger partial charge is 0.381 e. The molecule has 0 aliphatic heterocycles. The molecule has 4 nitrogen and oxygen atoms in total. The van der Waals surface area contributed by atoms with Crippen LogP contribution in [0.3, 0.4) is 0 Å². The van der Waals surface area contributed by atoms with E-state index in [0.717, 1.165) is 18.6 Å². The Balaban J connectivity index is 2.55. The Labute approximate surface area is 101 Å². The van der Waals surface area contributed by atoms with Crippen LogP contribution in [0.2, 0.25) is 0 Å². The molecule has 0 unspecified atom stereocenters. The van der Waals surface area contributed by atoms with E-state index in [2.05, 4.69) is 10.3 Å². The van der Waals surface area contributed by atoms with Gasteiger partial charge >= 0.3 is 0 Å². The summed E-state index contributed by atoms with van der Waals surface area (Å²) in [4.78, 5) is 0. The third-order valence-corrected chi connectivity index (χ3v) is 2.49. The van der Waals surface area contributed by atoms with Crippen molar-refractivity contribution in [3.05, 3.63) is 35.3 Å². The summed E-state index contributed by atoms with van der Waals surface area (Å²) in [5.41, 5.74) is 6.21. The maximum atomic E-state index is 13.1. The van der Waals surface area contributed by atoms with Gasteiger partial charge in [0.15, 0.2) is 23.3 Å². The molecule has 96 valence electrons. The zero-order valence-electron chi connectivity index (χ0n) is 9.62. The van der Waals surface area contributed by atoms with Crippen LogP contribution in [0.15, 0.2) is 12.1 Å². The number of hydrogen-bond acceptors (Lipinski definition) is 3. The molecule has 0 radical (unpaired) electrons. The molecule has 2 N–H and O–H groups in total. The van der Waals surface area contributed by atoms with Crippen LogP contribution in [0.5, 0.6) is 0 Å². The zero-order chi connectivity index (χ0) is 13.3. The molecule has 0 saturated carbocycles. The minimum absolute atomic E-state index is 0.0547. The van der Waals surface area contributed by atoms with Crippen LogP contribution in [0.4, 0.5) is 19.0 Å². The standard InChI is InChI=1S/C11H11F3N4/c1-2-3-9-11(15)16-17-18(9)6-4-7(12)10(14)8(13)5-6/h4-5H,2-3,15H2,1H3. The molecule has 1 aromatic heterocycles. The van der Waals surface area contributed by atoms with Crippen LogP contribution >= 0.6 is 0 Å². The number of rotatable bonds is 3. The number of halogens is 3. The van der Waals surface area contributed by atoms with Gasteiger partial charge in [-0.1, -0.05) is 18.6 Å². The second-order valence-electron chi connectivity index (χ2n) is 3.81. The molecule has 18 heavy (non-hydrogen) atoms. The van der Waals surface area contributed by atoms with Crippen molar-refractivity contribution in [3.8, 4) is 5.69 Å². The molecule has 0 amide bonds. The molecule has 1 heterocycles. The molecular formula is C11H11F3N4. The molecule has 0 aliphatic rings. The second kappa shape index (κ2) is 4.67. The lowest BCUT2D eigenvalue weighted by Crippen LogP contribution is -2.06. The average Bonchev–Trinajstić information content (AvgIpc) is 2.68. The zero-order valence-corrected chi connectivity index (χ0v) is 9.62. The van der Waals surface area contributed by atoms with Crippen molar-refractivity contribution in [1.82, 2.24) is 15.0 Å². The van der Waals surface area contributed by atoms with E-state index in [4.69, 9.17) is 5.73 Å². The first kappa shape index (κ1) is 12.4. The smallest absolute Gasteiger partial charge is 0.194 e. The highest BCUT2D eigenvalue weighted by molar-refractivity contribution is 5.41. The summed E-state index contributed by atoms with van der Waals surface area (Å²) in [7, 11) is 0. The van der Waals surface area contributed by atoms with Gasteiger partial charge in [0.05, 0.1) is 11.4 Å². The number of anilines is 1. The van der Waals surface area contributed by atoms with Gasteiger partial charge in [0.2, 0.25) is 0 Å². The normalized spacial score (nSPS) is 10.9. The molecule has 2 aromatic rings. The minimum atomic E-state index is -1.51. The summed E-state index contributed by atoms with van der Waals surface area (Å²) >= 11 is 0. The summed E-state index contributed by atoms with van der Waals surface area (Å²) in [6.07, 6.45) is 1.32. The van der Waals surface area contributed by atoms with Crippen LogP contribution < -0.4 is 5.73 Å². The highest BCUT2D eigenvalue weighted by Crippen LogP contribution is 2.20. The van der Waals surface area contributed by atoms with Crippen molar-refractivity contribution in [2.24, 2.45) is 0 Å². The van der Waals surface area contributed by atoms with E-state index in [9.17, 15) is 13.2 Å². The number of aromatic nitrogens is 3. The van der Waals surface area contributed by atoms with E-state index in [1.165, 1.54) is 4.68 Å². The predicted octanol–water partition coefficient (Wildman–Crippen LogP) is 2.22. The summed E-state index contributed by atoms with van der Waals surface area (Å²) in [6, 6.07) is 1.71. The Hall–Kier alpha value is -2.05. The van der Waals surface area contributed by atoms with Crippen molar-refractivity contribution in [2.75, 3.05) is 5.73 Å². The summed E-state index contributed by atoms with van der Waals surface area (Å²) < 4.78 is 40.4. The maximum absolute atomic E-state index is 13.1. The van der Waals surface area contributed by atoms with Crippen LogP contribution in [0, 0.1) is 17.5 Å². The van der Waals surface area contributed by atoms with Gasteiger partial charge < -0.3 is 5.73 Å². The van der Waals surface area contributed by atoms with Crippen molar-refractivity contribution < 1.29 is 13.2 Å². The van der Waals surface area contributed by atoms with Gasteiger partial charge in [-0.15, -0.1) is 5.10 Å². The van der Waals surface area contributed by atoms with Crippen molar-refractivity contribution >= 4 is 5.82 Å². The Morgan fingerprint density at radius 2 is 1.83 bits per heavy atom. The molecule has 0 saturated heterocycles. The van der Waals surface area contributed by atoms with Crippen molar-refractivity contribution in [2.45, 2.75) is 19.8 Å². The number of hydrogen-bond donors (Lipinski definition) is 1.